The summed E-state index contributed by atoms with van der Waals surface area (Å²) in [7, 11) is 0. The number of rotatable bonds is 2. The minimum Gasteiger partial charge on any atom is -0.338 e. The van der Waals surface area contributed by atoms with Gasteiger partial charge in [-0.15, -0.1) is 0 Å². The molecule has 4 rings (SSSR count). The maximum absolute atomic E-state index is 12.5. The highest BCUT2D eigenvalue weighted by Gasteiger charge is 2.38. The molecule has 110 valence electrons. The Labute approximate surface area is 128 Å². The van der Waals surface area contributed by atoms with E-state index in [2.05, 4.69) is 17.4 Å². The van der Waals surface area contributed by atoms with Crippen LogP contribution in [0.2, 0.25) is 0 Å². The molecule has 4 nitrogen and oxygen atoms in total. The molecule has 0 aliphatic carbocycles. The van der Waals surface area contributed by atoms with Crippen LogP contribution in [-0.4, -0.2) is 29.8 Å². The summed E-state index contributed by atoms with van der Waals surface area (Å²) in [5, 5.41) is 2.23. The zero-order valence-electron chi connectivity index (χ0n) is 12.2. The van der Waals surface area contributed by atoms with Crippen LogP contribution in [0.3, 0.4) is 0 Å². The number of fused-ring (bicyclic) bond motifs is 2. The van der Waals surface area contributed by atoms with Gasteiger partial charge in [0.15, 0.2) is 0 Å². The van der Waals surface area contributed by atoms with Crippen molar-refractivity contribution in [2.75, 3.05) is 13.1 Å². The average Bonchev–Trinajstić information content (AvgIpc) is 2.81. The molecule has 0 fully saturated rings. The molecular weight excluding hydrogens is 276 g/mol. The molecule has 0 saturated carbocycles. The fourth-order valence-electron chi connectivity index (χ4n) is 3.47. The van der Waals surface area contributed by atoms with Crippen LogP contribution >= 0.6 is 0 Å². The fourth-order valence-corrected chi connectivity index (χ4v) is 3.47. The Morgan fingerprint density at radius 1 is 0.955 bits per heavy atom. The van der Waals surface area contributed by atoms with Crippen molar-refractivity contribution < 1.29 is 14.9 Å². The van der Waals surface area contributed by atoms with E-state index >= 15 is 0 Å². The zero-order valence-corrected chi connectivity index (χ0v) is 12.2. The molecule has 0 radical (unpaired) electrons. The zero-order chi connectivity index (χ0) is 15.1. The first-order chi connectivity index (χ1) is 10.8. The Bertz CT molecular complexity index is 734. The van der Waals surface area contributed by atoms with Crippen LogP contribution in [0.4, 0.5) is 0 Å². The van der Waals surface area contributed by atoms with Gasteiger partial charge in [-0.25, -0.2) is 0 Å². The van der Waals surface area contributed by atoms with Crippen LogP contribution < -0.4 is 5.32 Å². The van der Waals surface area contributed by atoms with Crippen molar-refractivity contribution in [3.63, 3.8) is 0 Å². The van der Waals surface area contributed by atoms with Crippen LogP contribution in [0.1, 0.15) is 37.9 Å². The van der Waals surface area contributed by atoms with E-state index in [1.807, 2.05) is 12.1 Å². The van der Waals surface area contributed by atoms with Gasteiger partial charge in [-0.05, 0) is 17.7 Å². The molecule has 2 N–H and O–H groups in total. The van der Waals surface area contributed by atoms with Crippen molar-refractivity contribution in [2.45, 2.75) is 12.5 Å². The summed E-state index contributed by atoms with van der Waals surface area (Å²) in [5.74, 6) is -0.339. The second kappa shape index (κ2) is 5.07. The molecule has 22 heavy (non-hydrogen) atoms. The predicted molar refractivity (Wildman–Crippen MR) is 81.5 cm³/mol. The lowest BCUT2D eigenvalue weighted by molar-refractivity contribution is -0.698. The molecule has 2 aromatic rings. The number of nitrogens with two attached hydrogens (primary N) is 1. The lowest BCUT2D eigenvalue weighted by Gasteiger charge is -2.26. The number of hydrogen-bond donors (Lipinski definition) is 1. The average molecular weight is 293 g/mol. The summed E-state index contributed by atoms with van der Waals surface area (Å²) >= 11 is 0. The largest absolute Gasteiger partial charge is 0.338 e. The van der Waals surface area contributed by atoms with Crippen LogP contribution in [0.5, 0.6) is 0 Å². The Kier molecular flexibility index (Phi) is 3.05. The third-order valence-electron chi connectivity index (χ3n) is 4.58. The first-order valence-corrected chi connectivity index (χ1v) is 7.62. The maximum atomic E-state index is 12.5. The van der Waals surface area contributed by atoms with Gasteiger partial charge in [0.05, 0.1) is 24.2 Å². The van der Waals surface area contributed by atoms with E-state index in [1.54, 1.807) is 24.3 Å². The topological polar surface area (TPSA) is 54.0 Å². The fraction of sp³-hybridized carbons (Fsp3) is 0.222. The Morgan fingerprint density at radius 3 is 2.32 bits per heavy atom. The number of hydrogen-bond acceptors (Lipinski definition) is 2. The molecule has 0 unspecified atom stereocenters. The van der Waals surface area contributed by atoms with Crippen molar-refractivity contribution in [3.8, 4) is 0 Å². The Balaban J connectivity index is 1.64. The molecule has 2 amide bonds. The highest BCUT2D eigenvalue weighted by Crippen LogP contribution is 2.26. The number of nitrogens with zero attached hydrogens (tertiary/aromatic N) is 1. The third-order valence-corrected chi connectivity index (χ3v) is 4.58. The van der Waals surface area contributed by atoms with Gasteiger partial charge in [-0.1, -0.05) is 36.4 Å². The number of amides is 2. The first-order valence-electron chi connectivity index (χ1n) is 7.62. The molecule has 2 aromatic carbocycles. The van der Waals surface area contributed by atoms with Gasteiger partial charge in [-0.2, -0.15) is 0 Å². The second-order valence-electron chi connectivity index (χ2n) is 5.85. The minimum absolute atomic E-state index is 0.132. The summed E-state index contributed by atoms with van der Waals surface area (Å²) in [4.78, 5) is 26.4. The van der Waals surface area contributed by atoms with E-state index in [-0.39, 0.29) is 17.9 Å². The molecule has 1 atom stereocenters. The maximum Gasteiger partial charge on any atom is 0.261 e. The number of imide groups is 1. The van der Waals surface area contributed by atoms with Crippen LogP contribution in [0, 0.1) is 0 Å². The van der Waals surface area contributed by atoms with Crippen LogP contribution in [0.25, 0.3) is 0 Å². The lowest BCUT2D eigenvalue weighted by atomic mass is 9.94. The monoisotopic (exact) mass is 293 g/mol. The lowest BCUT2D eigenvalue weighted by Crippen LogP contribution is -2.88. The predicted octanol–water partition coefficient (Wildman–Crippen LogP) is 1.14. The van der Waals surface area contributed by atoms with Crippen molar-refractivity contribution in [2.24, 2.45) is 0 Å². The van der Waals surface area contributed by atoms with E-state index in [1.165, 1.54) is 16.0 Å². The van der Waals surface area contributed by atoms with E-state index in [0.717, 1.165) is 13.0 Å². The van der Waals surface area contributed by atoms with Gasteiger partial charge in [-0.3, -0.25) is 14.5 Å². The second-order valence-corrected chi connectivity index (χ2v) is 5.85. The number of quaternary nitrogens is 1. The normalized spacial score (nSPS) is 20.0. The Hall–Kier alpha value is -2.46. The van der Waals surface area contributed by atoms with Gasteiger partial charge >= 0.3 is 0 Å². The van der Waals surface area contributed by atoms with Crippen LogP contribution in [-0.2, 0) is 6.42 Å². The highest BCUT2D eigenvalue weighted by molar-refractivity contribution is 6.21. The molecule has 0 spiro atoms. The van der Waals surface area contributed by atoms with E-state index in [4.69, 9.17) is 0 Å². The molecule has 0 saturated heterocycles. The van der Waals surface area contributed by atoms with Crippen LogP contribution in [0.15, 0.2) is 48.5 Å². The minimum atomic E-state index is -0.169. The molecule has 2 aliphatic rings. The summed E-state index contributed by atoms with van der Waals surface area (Å²) in [6.45, 7) is 1.42. The summed E-state index contributed by atoms with van der Waals surface area (Å²) in [6, 6.07) is 15.5. The van der Waals surface area contributed by atoms with E-state index < -0.39 is 0 Å². The van der Waals surface area contributed by atoms with Gasteiger partial charge in [0.1, 0.15) is 6.04 Å². The molecule has 2 heterocycles. The standard InChI is InChI=1S/C18H16N2O2/c21-17-14-7-3-4-8-15(14)18(22)20(17)11-16-13-6-2-1-5-12(13)9-10-19-16/h1-8,16,19H,9-11H2/p+1/t16-/m1/s1. The molecule has 4 heteroatoms. The molecule has 0 bridgehead atoms. The number of benzene rings is 2. The van der Waals surface area contributed by atoms with Crippen molar-refractivity contribution >= 4 is 11.8 Å². The Morgan fingerprint density at radius 2 is 1.59 bits per heavy atom. The van der Waals surface area contributed by atoms with Gasteiger partial charge in [0.2, 0.25) is 0 Å². The highest BCUT2D eigenvalue weighted by atomic mass is 16.2. The first kappa shape index (κ1) is 13.2. The SMILES string of the molecule is O=C1c2ccccc2C(=O)N1C[C@H]1[NH2+]CCc2ccccc21. The number of carbonyl (C=O) groups excluding carboxylic acids is 2. The summed E-state index contributed by atoms with van der Waals surface area (Å²) < 4.78 is 0. The molecule has 2 aliphatic heterocycles. The van der Waals surface area contributed by atoms with Gasteiger partial charge in [0.25, 0.3) is 11.8 Å². The summed E-state index contributed by atoms with van der Waals surface area (Å²) in [5.41, 5.74) is 3.62. The van der Waals surface area contributed by atoms with Crippen molar-refractivity contribution in [3.05, 3.63) is 70.8 Å². The number of carbonyl (C=O) groups is 2. The summed E-state index contributed by atoms with van der Waals surface area (Å²) in [6.07, 6.45) is 1.04. The van der Waals surface area contributed by atoms with Crippen molar-refractivity contribution in [1.29, 1.82) is 0 Å². The van der Waals surface area contributed by atoms with Gasteiger partial charge in [0, 0.05) is 12.0 Å². The van der Waals surface area contributed by atoms with E-state index in [0.29, 0.717) is 17.7 Å². The molecule has 0 aromatic heterocycles. The third kappa shape index (κ3) is 1.96. The van der Waals surface area contributed by atoms with Gasteiger partial charge < -0.3 is 5.32 Å². The molecular formula is C18H17N2O2+. The quantitative estimate of drug-likeness (QED) is 0.844. The van der Waals surface area contributed by atoms with E-state index in [9.17, 15) is 9.59 Å². The smallest absolute Gasteiger partial charge is 0.261 e. The van der Waals surface area contributed by atoms with Crippen molar-refractivity contribution in [1.82, 2.24) is 4.90 Å².